The number of aryl methyl sites for hydroxylation is 2. The smallest absolute Gasteiger partial charge is 0.454 e. The lowest BCUT2D eigenvalue weighted by Gasteiger charge is -2.11. The maximum absolute atomic E-state index is 13.9. The van der Waals surface area contributed by atoms with Gasteiger partial charge >= 0.3 is 8.25 Å². The Balaban J connectivity index is 1.30. The van der Waals surface area contributed by atoms with Gasteiger partial charge in [-0.05, 0) is 98.2 Å². The van der Waals surface area contributed by atoms with Crippen LogP contribution >= 0.6 is 8.25 Å². The molecule has 0 spiro atoms. The van der Waals surface area contributed by atoms with E-state index in [9.17, 15) is 39.3 Å². The average molecular weight is 726 g/mol. The van der Waals surface area contributed by atoms with Crippen LogP contribution in [0.15, 0.2) is 97.1 Å². The van der Waals surface area contributed by atoms with Crippen LogP contribution in [0.4, 0.5) is 8.78 Å². The van der Waals surface area contributed by atoms with Crippen LogP contribution < -0.4 is 9.47 Å². The van der Waals surface area contributed by atoms with Crippen molar-refractivity contribution >= 4 is 28.5 Å². The highest BCUT2D eigenvalue weighted by Crippen LogP contribution is 2.34. The van der Waals surface area contributed by atoms with Gasteiger partial charge < -0.3 is 9.47 Å². The van der Waals surface area contributed by atoms with Crippen LogP contribution in [0.1, 0.15) is 36.8 Å². The maximum Gasteiger partial charge on any atom is 0.700 e. The molecule has 0 aromatic heterocycles. The summed E-state index contributed by atoms with van der Waals surface area (Å²) in [6.45, 7) is 0. The molecule has 0 saturated heterocycles. The van der Waals surface area contributed by atoms with E-state index >= 15 is 0 Å². The van der Waals surface area contributed by atoms with Gasteiger partial charge in [-0.2, -0.15) is 16.8 Å². The Bertz CT molecular complexity index is 1790. The minimum absolute atomic E-state index is 0.0157. The number of rotatable bonds is 18. The average Bonchev–Trinajstić information content (AvgIpc) is 3.02. The quantitative estimate of drug-likeness (QED) is 0.0755. The number of halogens is 2. The number of hydrogen-bond donors (Lipinski definition) is 2. The summed E-state index contributed by atoms with van der Waals surface area (Å²) in [7, 11) is -13.3. The first kappa shape index (κ1) is 37.0. The van der Waals surface area contributed by atoms with Gasteiger partial charge in [0.05, 0.1) is 0 Å². The lowest BCUT2D eigenvalue weighted by Crippen LogP contribution is -2.25. The lowest BCUT2D eigenvalue weighted by atomic mass is 10.1. The molecule has 11 nitrogen and oxygen atoms in total. The first-order valence-electron chi connectivity index (χ1n) is 14.5. The topological polar surface area (TPSA) is 163 Å². The van der Waals surface area contributed by atoms with E-state index in [4.69, 9.17) is 18.5 Å². The largest absolute Gasteiger partial charge is 0.700 e. The van der Waals surface area contributed by atoms with Gasteiger partial charge in [-0.1, -0.05) is 57.6 Å². The van der Waals surface area contributed by atoms with Crippen LogP contribution in [-0.4, -0.2) is 36.8 Å². The van der Waals surface area contributed by atoms with E-state index in [1.165, 1.54) is 36.4 Å². The van der Waals surface area contributed by atoms with Crippen molar-refractivity contribution in [2.45, 2.75) is 49.4 Å². The zero-order valence-corrected chi connectivity index (χ0v) is 27.8. The minimum atomic E-state index is -4.92. The molecule has 0 fully saturated rings. The van der Waals surface area contributed by atoms with Crippen LogP contribution in [0.2, 0.25) is 0 Å². The summed E-state index contributed by atoms with van der Waals surface area (Å²) < 4.78 is 129. The monoisotopic (exact) mass is 725 g/mol. The summed E-state index contributed by atoms with van der Waals surface area (Å²) >= 11 is 0. The molecule has 0 aliphatic heterocycles. The van der Waals surface area contributed by atoms with E-state index in [2.05, 4.69) is 0 Å². The van der Waals surface area contributed by atoms with E-state index in [-0.39, 0.29) is 50.0 Å². The van der Waals surface area contributed by atoms with Crippen molar-refractivity contribution in [2.75, 3.05) is 0 Å². The molecule has 4 rings (SSSR count). The SMILES string of the molecule is O=[P+](OC(CCCc1cccc(Oc2ccccc2F)c1)S(=O)(=O)O)OC(CCCc1cccc(Oc2ccccc2F)c1)S(=O)(=O)O. The first-order chi connectivity index (χ1) is 22.8. The number of para-hydroxylation sites is 2. The summed E-state index contributed by atoms with van der Waals surface area (Å²) in [5, 5.41) is 0. The highest BCUT2D eigenvalue weighted by atomic mass is 32.2. The van der Waals surface area contributed by atoms with Crippen molar-refractivity contribution in [3.8, 4) is 23.0 Å². The first-order valence-corrected chi connectivity index (χ1v) is 18.6. The molecule has 48 heavy (non-hydrogen) atoms. The summed E-state index contributed by atoms with van der Waals surface area (Å²) in [6.07, 6.45) is -0.0211. The van der Waals surface area contributed by atoms with Gasteiger partial charge in [-0.25, -0.2) is 8.78 Å². The predicted octanol–water partition coefficient (Wildman–Crippen LogP) is 8.01. The molecule has 0 radical (unpaired) electrons. The maximum atomic E-state index is 13.9. The van der Waals surface area contributed by atoms with Gasteiger partial charge in [-0.15, -0.1) is 0 Å². The van der Waals surface area contributed by atoms with Gasteiger partial charge in [0, 0.05) is 4.57 Å². The van der Waals surface area contributed by atoms with E-state index < -0.39 is 51.0 Å². The molecule has 16 heteroatoms. The molecular formula is C32H32F2O11PS2+. The molecular weight excluding hydrogens is 693 g/mol. The lowest BCUT2D eigenvalue weighted by molar-refractivity contribution is 0.170. The van der Waals surface area contributed by atoms with Crippen LogP contribution in [0.3, 0.4) is 0 Å². The summed E-state index contributed by atoms with van der Waals surface area (Å²) in [4.78, 5) is 0. The molecule has 4 aromatic carbocycles. The van der Waals surface area contributed by atoms with Gasteiger partial charge in [0.2, 0.25) is 10.9 Å². The second-order valence-electron chi connectivity index (χ2n) is 10.5. The molecule has 0 heterocycles. The standard InChI is InChI=1S/C32H31F2O11PS2/c33-27-15-1-3-17-29(27)42-25-13-5-9-23(21-25)11-7-19-31(47(36,37)38)44-46(35)45-32(48(39,40)41)20-8-12-24-10-6-14-26(22-24)43-30-18-4-2-16-28(30)34/h1-6,9-10,13-18,21-22,31-32H,7-8,11-12,19-20H2,(H-,36,37,38,39,40,41)/p+1. The second-order valence-corrected chi connectivity index (χ2v) is 14.4. The fraction of sp³-hybridized carbons (Fsp3) is 0.250. The molecule has 0 saturated carbocycles. The fourth-order valence-electron chi connectivity index (χ4n) is 4.51. The molecule has 2 atom stereocenters. The fourth-order valence-corrected chi connectivity index (χ4v) is 7.38. The van der Waals surface area contributed by atoms with Crippen molar-refractivity contribution < 1.29 is 57.8 Å². The zero-order chi connectivity index (χ0) is 34.7. The van der Waals surface area contributed by atoms with Crippen LogP contribution in [0.5, 0.6) is 23.0 Å². The summed E-state index contributed by atoms with van der Waals surface area (Å²) in [5.74, 6) is -0.416. The normalized spacial score (nSPS) is 13.5. The third-order valence-electron chi connectivity index (χ3n) is 6.81. The number of hydrogen-bond acceptors (Lipinski definition) is 9. The molecule has 256 valence electrons. The van der Waals surface area contributed by atoms with E-state index in [0.29, 0.717) is 22.6 Å². The minimum Gasteiger partial charge on any atom is -0.454 e. The Labute approximate surface area is 277 Å². The van der Waals surface area contributed by atoms with E-state index in [1.54, 1.807) is 60.7 Å². The Morgan fingerprint density at radius 2 is 1.00 bits per heavy atom. The third-order valence-corrected chi connectivity index (χ3v) is 9.94. The van der Waals surface area contributed by atoms with Crippen LogP contribution in [0.25, 0.3) is 0 Å². The van der Waals surface area contributed by atoms with E-state index in [0.717, 1.165) is 0 Å². The highest BCUT2D eigenvalue weighted by molar-refractivity contribution is 7.86. The highest BCUT2D eigenvalue weighted by Gasteiger charge is 2.41. The predicted molar refractivity (Wildman–Crippen MR) is 172 cm³/mol. The molecule has 2 unspecified atom stereocenters. The molecule has 0 amide bonds. The van der Waals surface area contributed by atoms with Gasteiger partial charge in [0.25, 0.3) is 20.2 Å². The van der Waals surface area contributed by atoms with Gasteiger partial charge in [0.15, 0.2) is 23.1 Å². The number of benzene rings is 4. The van der Waals surface area contributed by atoms with Gasteiger partial charge in [-0.3, -0.25) is 9.11 Å². The van der Waals surface area contributed by atoms with Crippen LogP contribution in [-0.2, 0) is 46.7 Å². The molecule has 0 aliphatic carbocycles. The summed E-state index contributed by atoms with van der Waals surface area (Å²) in [5.41, 5.74) is -2.71. The number of ether oxygens (including phenoxy) is 2. The molecule has 0 aliphatic rings. The van der Waals surface area contributed by atoms with Crippen LogP contribution in [0, 0.1) is 11.6 Å². The van der Waals surface area contributed by atoms with Crippen molar-refractivity contribution in [1.82, 2.24) is 0 Å². The molecule has 0 bridgehead atoms. The summed E-state index contributed by atoms with van der Waals surface area (Å²) in [6, 6.07) is 24.8. The Morgan fingerprint density at radius 3 is 1.38 bits per heavy atom. The Hall–Kier alpha value is -3.82. The second kappa shape index (κ2) is 17.0. The van der Waals surface area contributed by atoms with Gasteiger partial charge in [0.1, 0.15) is 11.5 Å². The third kappa shape index (κ3) is 11.7. The van der Waals surface area contributed by atoms with Crippen molar-refractivity contribution in [3.63, 3.8) is 0 Å². The Kier molecular flexibility index (Phi) is 13.1. The van der Waals surface area contributed by atoms with E-state index in [1.807, 2.05) is 0 Å². The molecule has 2 N–H and O–H groups in total. The van der Waals surface area contributed by atoms with Crippen molar-refractivity contribution in [2.24, 2.45) is 0 Å². The van der Waals surface area contributed by atoms with Crippen molar-refractivity contribution in [1.29, 1.82) is 0 Å². The van der Waals surface area contributed by atoms with Crippen molar-refractivity contribution in [3.05, 3.63) is 120 Å². The Morgan fingerprint density at radius 1 is 0.604 bits per heavy atom. The molecule has 4 aromatic rings. The zero-order valence-electron chi connectivity index (χ0n) is 25.2.